The van der Waals surface area contributed by atoms with Gasteiger partial charge in [0.25, 0.3) is 0 Å². The van der Waals surface area contributed by atoms with Crippen molar-refractivity contribution in [3.63, 3.8) is 0 Å². The van der Waals surface area contributed by atoms with Crippen molar-refractivity contribution in [1.29, 1.82) is 0 Å². The van der Waals surface area contributed by atoms with E-state index in [1.54, 1.807) is 0 Å². The monoisotopic (exact) mass is 154 g/mol. The van der Waals surface area contributed by atoms with Gasteiger partial charge in [-0.15, -0.1) is 0 Å². The van der Waals surface area contributed by atoms with E-state index in [0.717, 1.165) is 12.0 Å². The van der Waals surface area contributed by atoms with Crippen molar-refractivity contribution >= 4 is 0 Å². The molecule has 3 atom stereocenters. The zero-order valence-corrected chi connectivity index (χ0v) is 7.84. The molecule has 64 valence electrons. The minimum Gasteiger partial charge on any atom is -0.323 e. The first kappa shape index (κ1) is 7.60. The van der Waals surface area contributed by atoms with Gasteiger partial charge in [0.1, 0.15) is 0 Å². The molecule has 1 aliphatic carbocycles. The first-order valence-corrected chi connectivity index (χ1v) is 5.09. The second-order valence-electron chi connectivity index (χ2n) is 4.72. The third-order valence-electron chi connectivity index (χ3n) is 3.80. The van der Waals surface area contributed by atoms with Crippen molar-refractivity contribution in [3.8, 4) is 0 Å². The van der Waals surface area contributed by atoms with Gasteiger partial charge in [-0.1, -0.05) is 6.92 Å². The molecule has 0 aromatic carbocycles. The van der Waals surface area contributed by atoms with Gasteiger partial charge in [-0.2, -0.15) is 0 Å². The molecular weight excluding hydrogens is 134 g/mol. The normalized spacial score (nSPS) is 48.5. The van der Waals surface area contributed by atoms with E-state index in [1.165, 1.54) is 43.3 Å². The van der Waals surface area contributed by atoms with Crippen LogP contribution in [0.5, 0.6) is 0 Å². The zero-order chi connectivity index (χ0) is 7.90. The van der Waals surface area contributed by atoms with E-state index in [2.05, 4.69) is 14.0 Å². The average molecular weight is 154 g/mol. The van der Waals surface area contributed by atoms with Gasteiger partial charge in [0, 0.05) is 12.3 Å². The van der Waals surface area contributed by atoms with Gasteiger partial charge in [-0.25, -0.2) is 0 Å². The fraction of sp³-hybridized carbons (Fsp3) is 1.00. The van der Waals surface area contributed by atoms with Crippen molar-refractivity contribution in [2.24, 2.45) is 5.92 Å². The van der Waals surface area contributed by atoms with Crippen LogP contribution in [0.25, 0.3) is 0 Å². The fourth-order valence-corrected chi connectivity index (χ4v) is 3.30. The summed E-state index contributed by atoms with van der Waals surface area (Å²) in [5, 5.41) is 0. The zero-order valence-electron chi connectivity index (χ0n) is 7.84. The van der Waals surface area contributed by atoms with Gasteiger partial charge < -0.3 is 4.48 Å². The smallest absolute Gasteiger partial charge is 0.0893 e. The van der Waals surface area contributed by atoms with Crippen molar-refractivity contribution in [1.82, 2.24) is 0 Å². The average Bonchev–Trinajstić information content (AvgIpc) is 2.45. The molecule has 2 fully saturated rings. The predicted octanol–water partition coefficient (Wildman–Crippen LogP) is 2.03. The lowest BCUT2D eigenvalue weighted by Crippen LogP contribution is -2.50. The van der Waals surface area contributed by atoms with Crippen LogP contribution in [0.4, 0.5) is 0 Å². The molecule has 11 heavy (non-hydrogen) atoms. The van der Waals surface area contributed by atoms with Gasteiger partial charge >= 0.3 is 0 Å². The molecule has 3 unspecified atom stereocenters. The molecule has 0 N–H and O–H groups in total. The summed E-state index contributed by atoms with van der Waals surface area (Å²) in [4.78, 5) is 0. The molecule has 2 aliphatic rings. The van der Waals surface area contributed by atoms with Crippen molar-refractivity contribution in [3.05, 3.63) is 0 Å². The summed E-state index contributed by atoms with van der Waals surface area (Å²) >= 11 is 0. The fourth-order valence-electron chi connectivity index (χ4n) is 3.30. The van der Waals surface area contributed by atoms with Crippen LogP contribution in [0.15, 0.2) is 0 Å². The Morgan fingerprint density at radius 1 is 1.36 bits per heavy atom. The molecule has 0 radical (unpaired) electrons. The number of fused-ring (bicyclic) bond motifs is 2. The van der Waals surface area contributed by atoms with Crippen LogP contribution in [0, 0.1) is 5.92 Å². The van der Waals surface area contributed by atoms with Crippen LogP contribution in [0.1, 0.15) is 32.6 Å². The molecule has 0 amide bonds. The lowest BCUT2D eigenvalue weighted by Gasteiger charge is -2.38. The van der Waals surface area contributed by atoms with Crippen molar-refractivity contribution in [2.45, 2.75) is 38.6 Å². The summed E-state index contributed by atoms with van der Waals surface area (Å²) in [5.74, 6) is 1.09. The van der Waals surface area contributed by atoms with E-state index in [9.17, 15) is 0 Å². The van der Waals surface area contributed by atoms with Gasteiger partial charge in [0.2, 0.25) is 0 Å². The summed E-state index contributed by atoms with van der Waals surface area (Å²) in [6.07, 6.45) is 5.94. The highest BCUT2D eigenvalue weighted by Crippen LogP contribution is 2.41. The lowest BCUT2D eigenvalue weighted by atomic mass is 10.1. The van der Waals surface area contributed by atoms with Crippen LogP contribution in [-0.4, -0.2) is 30.7 Å². The largest absolute Gasteiger partial charge is 0.323 e. The molecule has 2 rings (SSSR count). The molecule has 0 aromatic heterocycles. The molecule has 0 aromatic rings. The van der Waals surface area contributed by atoms with Crippen molar-refractivity contribution in [2.75, 3.05) is 20.1 Å². The number of piperidine rings is 1. The summed E-state index contributed by atoms with van der Waals surface area (Å²) in [7, 11) is 2.47. The second kappa shape index (κ2) is 2.48. The van der Waals surface area contributed by atoms with E-state index in [4.69, 9.17) is 0 Å². The highest BCUT2D eigenvalue weighted by atomic mass is 15.4. The Kier molecular flexibility index (Phi) is 1.71. The van der Waals surface area contributed by atoms with Crippen LogP contribution in [0.3, 0.4) is 0 Å². The van der Waals surface area contributed by atoms with Gasteiger partial charge in [-0.05, 0) is 19.3 Å². The minimum atomic E-state index is 1.04. The molecule has 1 heteroatoms. The topological polar surface area (TPSA) is 0 Å². The van der Waals surface area contributed by atoms with Crippen molar-refractivity contribution < 1.29 is 4.48 Å². The summed E-state index contributed by atoms with van der Waals surface area (Å²) in [6, 6.07) is 1.04. The molecule has 1 heterocycles. The van der Waals surface area contributed by atoms with Gasteiger partial charge in [-0.3, -0.25) is 0 Å². The molecular formula is C10H20N+. The first-order valence-electron chi connectivity index (χ1n) is 5.09. The summed E-state index contributed by atoms with van der Waals surface area (Å²) < 4.78 is 1.40. The van der Waals surface area contributed by atoms with Crippen LogP contribution < -0.4 is 0 Å². The number of rotatable bonds is 2. The Morgan fingerprint density at radius 2 is 2.18 bits per heavy atom. The van der Waals surface area contributed by atoms with Crippen LogP contribution in [-0.2, 0) is 0 Å². The molecule has 2 bridgehead atoms. The molecule has 1 saturated heterocycles. The second-order valence-corrected chi connectivity index (χ2v) is 4.72. The van der Waals surface area contributed by atoms with E-state index in [-0.39, 0.29) is 0 Å². The van der Waals surface area contributed by atoms with Crippen LogP contribution >= 0.6 is 0 Å². The number of nitrogens with zero attached hydrogens (tertiary/aromatic N) is 1. The maximum Gasteiger partial charge on any atom is 0.0893 e. The Balaban J connectivity index is 2.04. The van der Waals surface area contributed by atoms with Gasteiger partial charge in [0.15, 0.2) is 0 Å². The SMILES string of the molecule is CCC[N+]1(C)CC2CCC1C2. The van der Waals surface area contributed by atoms with Crippen LogP contribution in [0.2, 0.25) is 0 Å². The molecule has 1 aliphatic heterocycles. The van der Waals surface area contributed by atoms with E-state index >= 15 is 0 Å². The number of hydrogen-bond acceptors (Lipinski definition) is 0. The minimum absolute atomic E-state index is 1.04. The Bertz CT molecular complexity index is 155. The molecule has 1 nitrogen and oxygen atoms in total. The van der Waals surface area contributed by atoms with E-state index in [1.807, 2.05) is 0 Å². The Hall–Kier alpha value is -0.0400. The van der Waals surface area contributed by atoms with E-state index in [0.29, 0.717) is 0 Å². The lowest BCUT2D eigenvalue weighted by molar-refractivity contribution is -0.925. The predicted molar refractivity (Wildman–Crippen MR) is 47.3 cm³/mol. The highest BCUT2D eigenvalue weighted by Gasteiger charge is 2.47. The maximum absolute atomic E-state index is 2.47. The highest BCUT2D eigenvalue weighted by molar-refractivity contribution is 4.83. The van der Waals surface area contributed by atoms with Gasteiger partial charge in [0.05, 0.1) is 26.2 Å². The maximum atomic E-state index is 2.47. The number of likely N-dealkylation sites (tertiary alicyclic amines) is 1. The quantitative estimate of drug-likeness (QED) is 0.534. The molecule has 0 spiro atoms. The number of hydrogen-bond donors (Lipinski definition) is 0. The molecule has 1 saturated carbocycles. The Labute approximate surface area is 70.0 Å². The number of quaternary nitrogens is 1. The first-order chi connectivity index (χ1) is 5.24. The summed E-state index contributed by atoms with van der Waals surface area (Å²) in [5.41, 5.74) is 0. The summed E-state index contributed by atoms with van der Waals surface area (Å²) in [6.45, 7) is 5.22. The Morgan fingerprint density at radius 3 is 2.64 bits per heavy atom. The standard InChI is InChI=1S/C10H20N/c1-3-6-11(2)8-9-4-5-10(11)7-9/h9-10H,3-8H2,1-2H3/q+1. The third kappa shape index (κ3) is 1.10. The van der Waals surface area contributed by atoms with E-state index < -0.39 is 0 Å². The third-order valence-corrected chi connectivity index (χ3v) is 3.80.